The van der Waals surface area contributed by atoms with Gasteiger partial charge in [0.05, 0.1) is 5.52 Å². The summed E-state index contributed by atoms with van der Waals surface area (Å²) in [7, 11) is 0. The van der Waals surface area contributed by atoms with Crippen LogP contribution in [0.5, 0.6) is 0 Å². The Morgan fingerprint density at radius 1 is 0.966 bits per heavy atom. The van der Waals surface area contributed by atoms with Crippen molar-refractivity contribution >= 4 is 34.1 Å². The van der Waals surface area contributed by atoms with E-state index in [4.69, 9.17) is 11.6 Å². The van der Waals surface area contributed by atoms with Crippen LogP contribution in [0.1, 0.15) is 22.3 Å². The Morgan fingerprint density at radius 3 is 2.55 bits per heavy atom. The van der Waals surface area contributed by atoms with Crippen LogP contribution in [0.15, 0.2) is 53.5 Å². The fraction of sp³-hybridized carbons (Fsp3) is 0.304. The molecule has 1 aromatic heterocycles. The van der Waals surface area contributed by atoms with E-state index in [1.54, 1.807) is 11.1 Å². The van der Waals surface area contributed by atoms with Gasteiger partial charge in [0.2, 0.25) is 5.43 Å². The minimum atomic E-state index is -0.164. The lowest BCUT2D eigenvalue weighted by Gasteiger charge is -2.36. The summed E-state index contributed by atoms with van der Waals surface area (Å²) in [4.78, 5) is 30.3. The fourth-order valence-electron chi connectivity index (χ4n) is 4.52. The Balaban J connectivity index is 1.41. The number of aryl methyl sites for hydroxylation is 2. The number of nitrogens with zero attached hydrogens (tertiary/aromatic N) is 3. The van der Waals surface area contributed by atoms with Gasteiger partial charge in [0, 0.05) is 55.0 Å². The third-order valence-corrected chi connectivity index (χ3v) is 6.23. The van der Waals surface area contributed by atoms with Crippen LogP contribution in [-0.4, -0.2) is 41.6 Å². The minimum absolute atomic E-state index is 0.151. The maximum Gasteiger partial charge on any atom is 0.259 e. The summed E-state index contributed by atoms with van der Waals surface area (Å²) in [5.41, 5.74) is 3.38. The number of hydrogen-bond acceptors (Lipinski definition) is 3. The molecule has 2 aliphatic heterocycles. The van der Waals surface area contributed by atoms with Crippen LogP contribution in [0.3, 0.4) is 0 Å². The molecule has 148 valence electrons. The van der Waals surface area contributed by atoms with Crippen molar-refractivity contribution in [2.45, 2.75) is 19.4 Å². The molecule has 29 heavy (non-hydrogen) atoms. The number of anilines is 1. The van der Waals surface area contributed by atoms with Crippen molar-refractivity contribution in [3.8, 4) is 0 Å². The lowest BCUT2D eigenvalue weighted by molar-refractivity contribution is 0.0745. The van der Waals surface area contributed by atoms with Gasteiger partial charge < -0.3 is 14.4 Å². The second-order valence-electron chi connectivity index (χ2n) is 7.74. The van der Waals surface area contributed by atoms with Gasteiger partial charge in [-0.05, 0) is 42.7 Å². The number of benzene rings is 2. The summed E-state index contributed by atoms with van der Waals surface area (Å²) in [6.45, 7) is 3.46. The van der Waals surface area contributed by atoms with E-state index in [9.17, 15) is 9.59 Å². The van der Waals surface area contributed by atoms with Crippen molar-refractivity contribution in [3.05, 3.63) is 75.0 Å². The average molecular weight is 408 g/mol. The van der Waals surface area contributed by atoms with Gasteiger partial charge in [0.1, 0.15) is 5.56 Å². The topological polar surface area (TPSA) is 45.6 Å². The molecule has 1 amide bonds. The Kier molecular flexibility index (Phi) is 4.55. The largest absolute Gasteiger partial charge is 0.368 e. The predicted molar refractivity (Wildman–Crippen MR) is 116 cm³/mol. The average Bonchev–Trinajstić information content (AvgIpc) is 2.76. The predicted octanol–water partition coefficient (Wildman–Crippen LogP) is 3.56. The summed E-state index contributed by atoms with van der Waals surface area (Å²) < 4.78 is 2.09. The molecule has 1 saturated heterocycles. The molecule has 0 spiro atoms. The molecule has 2 aromatic carbocycles. The van der Waals surface area contributed by atoms with Crippen molar-refractivity contribution in [1.29, 1.82) is 0 Å². The molecule has 0 aliphatic carbocycles. The summed E-state index contributed by atoms with van der Waals surface area (Å²) in [5.74, 6) is -0.164. The standard InChI is InChI=1S/C23H22ClN3O2/c24-17-6-2-7-18(14-17)25-10-12-26(13-11-25)23(29)20-15-27-9-3-5-16-4-1-8-19(21(16)27)22(20)28/h1-2,4,6-8,14-15H,3,5,9-13H2. The van der Waals surface area contributed by atoms with Crippen LogP contribution < -0.4 is 10.3 Å². The number of piperazine rings is 1. The van der Waals surface area contributed by atoms with Crippen molar-refractivity contribution < 1.29 is 4.79 Å². The summed E-state index contributed by atoms with van der Waals surface area (Å²) >= 11 is 6.10. The number of pyridine rings is 1. The Morgan fingerprint density at radius 2 is 1.76 bits per heavy atom. The lowest BCUT2D eigenvalue weighted by atomic mass is 9.99. The molecular formula is C23H22ClN3O2. The van der Waals surface area contributed by atoms with E-state index in [0.29, 0.717) is 23.5 Å². The van der Waals surface area contributed by atoms with Crippen LogP contribution in [0.2, 0.25) is 5.02 Å². The second kappa shape index (κ2) is 7.23. The summed E-state index contributed by atoms with van der Waals surface area (Å²) in [5, 5.41) is 1.36. The number of rotatable bonds is 2. The first-order valence-corrected chi connectivity index (χ1v) is 10.4. The highest BCUT2D eigenvalue weighted by Crippen LogP contribution is 2.24. The van der Waals surface area contributed by atoms with Crippen LogP contribution in [0, 0.1) is 0 Å². The van der Waals surface area contributed by atoms with Crippen LogP contribution in [0.4, 0.5) is 5.69 Å². The lowest BCUT2D eigenvalue weighted by Crippen LogP contribution is -2.49. The monoisotopic (exact) mass is 407 g/mol. The first-order chi connectivity index (χ1) is 14.1. The zero-order valence-corrected chi connectivity index (χ0v) is 16.9. The SMILES string of the molecule is O=C(c1cn2c3c(cccc3c1=O)CCC2)N1CCN(c2cccc(Cl)c2)CC1. The minimum Gasteiger partial charge on any atom is -0.368 e. The molecule has 3 aromatic rings. The van der Waals surface area contributed by atoms with Gasteiger partial charge >= 0.3 is 0 Å². The second-order valence-corrected chi connectivity index (χ2v) is 8.18. The molecule has 6 heteroatoms. The molecule has 5 nitrogen and oxygen atoms in total. The first-order valence-electron chi connectivity index (χ1n) is 10.1. The van der Waals surface area contributed by atoms with E-state index in [-0.39, 0.29) is 16.9 Å². The van der Waals surface area contributed by atoms with Crippen LogP contribution in [0.25, 0.3) is 10.9 Å². The van der Waals surface area contributed by atoms with Gasteiger partial charge in [0.15, 0.2) is 0 Å². The van der Waals surface area contributed by atoms with E-state index in [2.05, 4.69) is 15.5 Å². The zero-order chi connectivity index (χ0) is 20.0. The highest BCUT2D eigenvalue weighted by Gasteiger charge is 2.26. The Hall–Kier alpha value is -2.79. The Bertz CT molecular complexity index is 1160. The molecule has 0 unspecified atom stereocenters. The number of para-hydroxylation sites is 1. The van der Waals surface area contributed by atoms with E-state index in [0.717, 1.165) is 43.7 Å². The van der Waals surface area contributed by atoms with Gasteiger partial charge in [-0.1, -0.05) is 29.8 Å². The maximum absolute atomic E-state index is 13.2. The Labute approximate surface area is 174 Å². The summed E-state index contributed by atoms with van der Waals surface area (Å²) in [6, 6.07) is 13.6. The molecule has 0 bridgehead atoms. The molecule has 2 aliphatic rings. The number of hydrogen-bond donors (Lipinski definition) is 0. The number of aromatic nitrogens is 1. The van der Waals surface area contributed by atoms with E-state index < -0.39 is 0 Å². The number of halogens is 1. The first kappa shape index (κ1) is 18.3. The molecule has 0 N–H and O–H groups in total. The highest BCUT2D eigenvalue weighted by atomic mass is 35.5. The molecule has 5 rings (SSSR count). The van der Waals surface area contributed by atoms with E-state index in [1.165, 1.54) is 5.56 Å². The number of amides is 1. The quantitative estimate of drug-likeness (QED) is 0.652. The van der Waals surface area contributed by atoms with Crippen molar-refractivity contribution in [1.82, 2.24) is 9.47 Å². The van der Waals surface area contributed by atoms with Gasteiger partial charge in [-0.25, -0.2) is 0 Å². The highest BCUT2D eigenvalue weighted by molar-refractivity contribution is 6.30. The molecule has 0 atom stereocenters. The number of carbonyl (C=O) groups is 1. The van der Waals surface area contributed by atoms with Gasteiger partial charge in [-0.3, -0.25) is 9.59 Å². The van der Waals surface area contributed by atoms with E-state index >= 15 is 0 Å². The van der Waals surface area contributed by atoms with Gasteiger partial charge in [-0.15, -0.1) is 0 Å². The normalized spacial score (nSPS) is 16.3. The van der Waals surface area contributed by atoms with Gasteiger partial charge in [0.25, 0.3) is 5.91 Å². The molecule has 1 fully saturated rings. The maximum atomic E-state index is 13.2. The molecule has 0 radical (unpaired) electrons. The molecular weight excluding hydrogens is 386 g/mol. The summed E-state index contributed by atoms with van der Waals surface area (Å²) in [6.07, 6.45) is 3.79. The third-order valence-electron chi connectivity index (χ3n) is 6.00. The smallest absolute Gasteiger partial charge is 0.259 e. The third kappa shape index (κ3) is 3.19. The van der Waals surface area contributed by atoms with Crippen molar-refractivity contribution in [2.24, 2.45) is 0 Å². The molecule has 3 heterocycles. The van der Waals surface area contributed by atoms with E-state index in [1.807, 2.05) is 36.4 Å². The van der Waals surface area contributed by atoms with Crippen LogP contribution in [-0.2, 0) is 13.0 Å². The number of carbonyl (C=O) groups excluding carboxylic acids is 1. The molecule has 0 saturated carbocycles. The van der Waals surface area contributed by atoms with Crippen molar-refractivity contribution in [3.63, 3.8) is 0 Å². The fourth-order valence-corrected chi connectivity index (χ4v) is 4.70. The zero-order valence-electron chi connectivity index (χ0n) is 16.1. The van der Waals surface area contributed by atoms with Gasteiger partial charge in [-0.2, -0.15) is 0 Å². The van der Waals surface area contributed by atoms with Crippen LogP contribution >= 0.6 is 11.6 Å². The van der Waals surface area contributed by atoms with Crippen molar-refractivity contribution in [2.75, 3.05) is 31.1 Å².